The van der Waals surface area contributed by atoms with Crippen molar-refractivity contribution in [2.75, 3.05) is 24.2 Å². The lowest BCUT2D eigenvalue weighted by molar-refractivity contribution is 0.329. The molecule has 1 aliphatic heterocycles. The van der Waals surface area contributed by atoms with Crippen molar-refractivity contribution in [3.63, 3.8) is 0 Å². The molecule has 0 amide bonds. The highest BCUT2D eigenvalue weighted by Gasteiger charge is 2.27. The predicted octanol–water partition coefficient (Wildman–Crippen LogP) is 2.23. The highest BCUT2D eigenvalue weighted by atomic mass is 32.2. The van der Waals surface area contributed by atoms with Crippen LogP contribution >= 0.6 is 0 Å². The molecule has 1 aromatic carbocycles. The van der Waals surface area contributed by atoms with Crippen LogP contribution in [0.2, 0.25) is 0 Å². The molecule has 134 valence electrons. The zero-order valence-corrected chi connectivity index (χ0v) is 15.2. The van der Waals surface area contributed by atoms with E-state index in [9.17, 15) is 8.42 Å². The van der Waals surface area contributed by atoms with Gasteiger partial charge in [-0.05, 0) is 31.7 Å². The SMILES string of the molecule is Cc1cc(NC2CCN(S(=O)(=O)CCc3ccccc3)CC2)ncn1. The lowest BCUT2D eigenvalue weighted by atomic mass is 10.1. The molecule has 1 fully saturated rings. The average molecular weight is 360 g/mol. The summed E-state index contributed by atoms with van der Waals surface area (Å²) in [6.07, 6.45) is 3.67. The Kier molecular flexibility index (Phi) is 5.65. The first-order chi connectivity index (χ1) is 12.0. The third kappa shape index (κ3) is 4.99. The molecular weight excluding hydrogens is 336 g/mol. The summed E-state index contributed by atoms with van der Waals surface area (Å²) < 4.78 is 26.7. The van der Waals surface area contributed by atoms with Gasteiger partial charge in [-0.25, -0.2) is 22.7 Å². The summed E-state index contributed by atoms with van der Waals surface area (Å²) in [6.45, 7) is 3.03. The molecule has 1 N–H and O–H groups in total. The summed E-state index contributed by atoms with van der Waals surface area (Å²) in [6, 6.07) is 11.9. The molecule has 0 atom stereocenters. The molecular formula is C18H24N4O2S. The van der Waals surface area contributed by atoms with Gasteiger partial charge >= 0.3 is 0 Å². The van der Waals surface area contributed by atoms with Crippen LogP contribution < -0.4 is 5.32 Å². The first-order valence-electron chi connectivity index (χ1n) is 8.60. The number of hydrogen-bond donors (Lipinski definition) is 1. The van der Waals surface area contributed by atoms with Gasteiger partial charge in [0.1, 0.15) is 12.1 Å². The van der Waals surface area contributed by atoms with Crippen molar-refractivity contribution in [1.82, 2.24) is 14.3 Å². The number of sulfonamides is 1. The Balaban J connectivity index is 1.50. The molecule has 1 saturated heterocycles. The minimum atomic E-state index is -3.20. The first-order valence-corrected chi connectivity index (χ1v) is 10.2. The molecule has 7 heteroatoms. The van der Waals surface area contributed by atoms with Gasteiger partial charge < -0.3 is 5.32 Å². The predicted molar refractivity (Wildman–Crippen MR) is 98.9 cm³/mol. The van der Waals surface area contributed by atoms with Crippen LogP contribution in [0.1, 0.15) is 24.1 Å². The van der Waals surface area contributed by atoms with E-state index in [1.807, 2.05) is 43.3 Å². The van der Waals surface area contributed by atoms with E-state index in [0.29, 0.717) is 19.5 Å². The van der Waals surface area contributed by atoms with Crippen molar-refractivity contribution in [3.8, 4) is 0 Å². The molecule has 0 radical (unpaired) electrons. The summed E-state index contributed by atoms with van der Waals surface area (Å²) in [5, 5.41) is 3.38. The number of rotatable bonds is 6. The summed E-state index contributed by atoms with van der Waals surface area (Å²) in [5.74, 6) is 0.970. The minimum absolute atomic E-state index is 0.167. The van der Waals surface area contributed by atoms with Gasteiger partial charge in [-0.15, -0.1) is 0 Å². The maximum Gasteiger partial charge on any atom is 0.214 e. The standard InChI is InChI=1S/C18H24N4O2S/c1-15-13-18(20-14-19-15)21-17-7-10-22(11-8-17)25(23,24)12-9-16-5-3-2-4-6-16/h2-6,13-14,17H,7-12H2,1H3,(H,19,20,21). The fourth-order valence-electron chi connectivity index (χ4n) is 3.04. The fourth-order valence-corrected chi connectivity index (χ4v) is 4.56. The van der Waals surface area contributed by atoms with Gasteiger partial charge in [0.15, 0.2) is 0 Å². The lowest BCUT2D eigenvalue weighted by Gasteiger charge is -2.31. The highest BCUT2D eigenvalue weighted by molar-refractivity contribution is 7.89. The van der Waals surface area contributed by atoms with E-state index < -0.39 is 10.0 Å². The largest absolute Gasteiger partial charge is 0.367 e. The summed E-state index contributed by atoms with van der Waals surface area (Å²) in [5.41, 5.74) is 1.97. The maximum absolute atomic E-state index is 12.6. The van der Waals surface area contributed by atoms with Crippen LogP contribution in [0.5, 0.6) is 0 Å². The smallest absolute Gasteiger partial charge is 0.214 e. The van der Waals surface area contributed by atoms with Crippen molar-refractivity contribution in [2.24, 2.45) is 0 Å². The fraction of sp³-hybridized carbons (Fsp3) is 0.444. The first kappa shape index (κ1) is 17.8. The van der Waals surface area contributed by atoms with Crippen LogP contribution in [-0.2, 0) is 16.4 Å². The van der Waals surface area contributed by atoms with E-state index >= 15 is 0 Å². The zero-order chi connectivity index (χ0) is 17.7. The van der Waals surface area contributed by atoms with Crippen LogP contribution in [0.25, 0.3) is 0 Å². The van der Waals surface area contributed by atoms with E-state index in [0.717, 1.165) is 29.9 Å². The van der Waals surface area contributed by atoms with Crippen molar-refractivity contribution < 1.29 is 8.42 Å². The molecule has 6 nitrogen and oxygen atoms in total. The Morgan fingerprint density at radius 3 is 2.56 bits per heavy atom. The molecule has 0 bridgehead atoms. The number of nitrogens with one attached hydrogen (secondary N) is 1. The number of anilines is 1. The summed E-state index contributed by atoms with van der Waals surface area (Å²) >= 11 is 0. The van der Waals surface area contributed by atoms with E-state index in [1.165, 1.54) is 0 Å². The van der Waals surface area contributed by atoms with Gasteiger partial charge in [0, 0.05) is 30.9 Å². The van der Waals surface area contributed by atoms with Gasteiger partial charge in [0.05, 0.1) is 5.75 Å². The average Bonchev–Trinajstić information content (AvgIpc) is 2.62. The van der Waals surface area contributed by atoms with Gasteiger partial charge in [0.25, 0.3) is 0 Å². The van der Waals surface area contributed by atoms with Crippen molar-refractivity contribution >= 4 is 15.8 Å². The number of benzene rings is 1. The van der Waals surface area contributed by atoms with Crippen LogP contribution in [0.3, 0.4) is 0 Å². The topological polar surface area (TPSA) is 75.2 Å². The van der Waals surface area contributed by atoms with Gasteiger partial charge in [-0.2, -0.15) is 0 Å². The molecule has 3 rings (SSSR count). The van der Waals surface area contributed by atoms with Gasteiger partial charge in [0.2, 0.25) is 10.0 Å². The Labute approximate surface area is 149 Å². The van der Waals surface area contributed by atoms with Crippen molar-refractivity contribution in [1.29, 1.82) is 0 Å². The second-order valence-electron chi connectivity index (χ2n) is 6.41. The van der Waals surface area contributed by atoms with E-state index in [1.54, 1.807) is 10.6 Å². The number of hydrogen-bond acceptors (Lipinski definition) is 5. The van der Waals surface area contributed by atoms with E-state index in [2.05, 4.69) is 15.3 Å². The molecule has 25 heavy (non-hydrogen) atoms. The minimum Gasteiger partial charge on any atom is -0.367 e. The Morgan fingerprint density at radius 1 is 1.16 bits per heavy atom. The van der Waals surface area contributed by atoms with Gasteiger partial charge in [-0.3, -0.25) is 0 Å². The summed E-state index contributed by atoms with van der Waals surface area (Å²) in [7, 11) is -3.20. The third-order valence-electron chi connectivity index (χ3n) is 4.49. The van der Waals surface area contributed by atoms with Crippen LogP contribution in [0.15, 0.2) is 42.7 Å². The number of aryl methyl sites for hydroxylation is 2. The van der Waals surface area contributed by atoms with E-state index in [-0.39, 0.29) is 11.8 Å². The number of aromatic nitrogens is 2. The monoisotopic (exact) mass is 360 g/mol. The number of piperidine rings is 1. The highest BCUT2D eigenvalue weighted by Crippen LogP contribution is 2.18. The molecule has 0 saturated carbocycles. The molecule has 0 unspecified atom stereocenters. The molecule has 0 spiro atoms. The second kappa shape index (κ2) is 7.93. The van der Waals surface area contributed by atoms with Crippen molar-refractivity contribution in [3.05, 3.63) is 54.0 Å². The quantitative estimate of drug-likeness (QED) is 0.855. The Bertz CT molecular complexity index is 788. The molecule has 2 heterocycles. The maximum atomic E-state index is 12.6. The molecule has 2 aromatic rings. The Hall–Kier alpha value is -1.99. The van der Waals surface area contributed by atoms with Crippen molar-refractivity contribution in [2.45, 2.75) is 32.2 Å². The normalized spacial score (nSPS) is 16.7. The molecule has 1 aromatic heterocycles. The number of nitrogens with zero attached hydrogens (tertiary/aromatic N) is 3. The molecule has 0 aliphatic carbocycles. The van der Waals surface area contributed by atoms with Crippen LogP contribution in [-0.4, -0.2) is 47.6 Å². The third-order valence-corrected chi connectivity index (χ3v) is 6.37. The molecule has 1 aliphatic rings. The lowest BCUT2D eigenvalue weighted by Crippen LogP contribution is -2.43. The van der Waals surface area contributed by atoms with Crippen LogP contribution in [0.4, 0.5) is 5.82 Å². The summed E-state index contributed by atoms with van der Waals surface area (Å²) in [4.78, 5) is 8.29. The Morgan fingerprint density at radius 2 is 1.88 bits per heavy atom. The second-order valence-corrected chi connectivity index (χ2v) is 8.50. The zero-order valence-electron chi connectivity index (χ0n) is 14.4. The van der Waals surface area contributed by atoms with Crippen LogP contribution in [0, 0.1) is 6.92 Å². The van der Waals surface area contributed by atoms with Gasteiger partial charge in [-0.1, -0.05) is 30.3 Å². The van der Waals surface area contributed by atoms with E-state index in [4.69, 9.17) is 0 Å².